The van der Waals surface area contributed by atoms with Crippen LogP contribution in [-0.2, 0) is 9.84 Å². The molecule has 0 aliphatic rings. The summed E-state index contributed by atoms with van der Waals surface area (Å²) < 4.78 is 25.4. The Hall–Kier alpha value is -2.29. The first-order chi connectivity index (χ1) is 13.6. The highest BCUT2D eigenvalue weighted by molar-refractivity contribution is 7.90. The van der Waals surface area contributed by atoms with Gasteiger partial charge in [0.05, 0.1) is 20.7 Å². The Labute approximate surface area is 175 Å². The van der Waals surface area contributed by atoms with E-state index in [0.717, 1.165) is 27.6 Å². The smallest absolute Gasteiger partial charge is 0.261 e. The first kappa shape index (κ1) is 21.4. The van der Waals surface area contributed by atoms with Gasteiger partial charge in [-0.3, -0.25) is 9.69 Å². The van der Waals surface area contributed by atoms with E-state index in [2.05, 4.69) is 0 Å². The van der Waals surface area contributed by atoms with Crippen molar-refractivity contribution in [2.45, 2.75) is 18.7 Å². The van der Waals surface area contributed by atoms with Crippen molar-refractivity contribution in [1.29, 1.82) is 0 Å². The van der Waals surface area contributed by atoms with Crippen molar-refractivity contribution in [3.05, 3.63) is 53.1 Å². The van der Waals surface area contributed by atoms with Crippen molar-refractivity contribution < 1.29 is 13.2 Å². The van der Waals surface area contributed by atoms with E-state index >= 15 is 0 Å². The van der Waals surface area contributed by atoms with Crippen molar-refractivity contribution in [3.8, 4) is 0 Å². The highest BCUT2D eigenvalue weighted by atomic mass is 32.2. The number of carbonyl (C=O) groups is 1. The fraction of sp³-hybridized carbons (Fsp3) is 0.333. The van der Waals surface area contributed by atoms with Crippen LogP contribution >= 0.6 is 11.3 Å². The molecule has 29 heavy (non-hydrogen) atoms. The van der Waals surface area contributed by atoms with Gasteiger partial charge in [-0.05, 0) is 57.3 Å². The van der Waals surface area contributed by atoms with E-state index in [1.54, 1.807) is 23.1 Å². The third-order valence-electron chi connectivity index (χ3n) is 4.84. The van der Waals surface area contributed by atoms with Crippen molar-refractivity contribution in [3.63, 3.8) is 0 Å². The fourth-order valence-electron chi connectivity index (χ4n) is 3.03. The van der Waals surface area contributed by atoms with E-state index in [4.69, 9.17) is 4.98 Å². The summed E-state index contributed by atoms with van der Waals surface area (Å²) >= 11 is 1.44. The normalized spacial score (nSPS) is 11.9. The molecular weight excluding hydrogens is 406 g/mol. The summed E-state index contributed by atoms with van der Waals surface area (Å²) in [5.41, 5.74) is 3.27. The Bertz CT molecular complexity index is 1170. The number of carbonyl (C=O) groups excluding carboxylic acids is 1. The lowest BCUT2D eigenvalue weighted by Crippen LogP contribution is -2.37. The molecule has 1 amide bonds. The van der Waals surface area contributed by atoms with E-state index in [1.807, 2.05) is 45.0 Å². The lowest BCUT2D eigenvalue weighted by molar-refractivity contribution is 0.0982. The molecule has 8 heteroatoms. The summed E-state index contributed by atoms with van der Waals surface area (Å²) in [7, 11) is 0.322. The number of nitrogens with zero attached hydrogens (tertiary/aromatic N) is 3. The molecule has 0 radical (unpaired) electrons. The van der Waals surface area contributed by atoms with Crippen molar-refractivity contribution >= 4 is 42.4 Å². The second-order valence-electron chi connectivity index (χ2n) is 7.38. The molecule has 154 valence electrons. The lowest BCUT2D eigenvalue weighted by Gasteiger charge is -2.22. The van der Waals surface area contributed by atoms with Gasteiger partial charge in [0.2, 0.25) is 0 Å². The average molecular weight is 432 g/mol. The summed E-state index contributed by atoms with van der Waals surface area (Å²) in [6.45, 7) is 5.08. The largest absolute Gasteiger partial charge is 0.308 e. The molecule has 0 saturated carbocycles. The molecule has 2 aromatic carbocycles. The van der Waals surface area contributed by atoms with Crippen LogP contribution < -0.4 is 4.90 Å². The molecular formula is C21H25N3O3S2. The van der Waals surface area contributed by atoms with Gasteiger partial charge >= 0.3 is 0 Å². The zero-order valence-corrected chi connectivity index (χ0v) is 18.9. The number of aryl methyl sites for hydroxylation is 2. The van der Waals surface area contributed by atoms with E-state index in [-0.39, 0.29) is 16.4 Å². The minimum Gasteiger partial charge on any atom is -0.308 e. The van der Waals surface area contributed by atoms with Crippen molar-refractivity contribution in [2.75, 3.05) is 38.3 Å². The Morgan fingerprint density at radius 2 is 1.76 bits per heavy atom. The van der Waals surface area contributed by atoms with Gasteiger partial charge in [-0.15, -0.1) is 0 Å². The van der Waals surface area contributed by atoms with Gasteiger partial charge < -0.3 is 4.90 Å². The highest BCUT2D eigenvalue weighted by Crippen LogP contribution is 2.33. The maximum atomic E-state index is 13.5. The second kappa shape index (κ2) is 8.22. The SMILES string of the molecule is Cc1ccc2sc(N(CCN(C)C)C(=O)c3ccccc3S(C)(=O)=O)nc2c1C. The number of rotatable bonds is 6. The van der Waals surface area contributed by atoms with Gasteiger partial charge in [0, 0.05) is 19.3 Å². The summed E-state index contributed by atoms with van der Waals surface area (Å²) in [5, 5.41) is 0.573. The lowest BCUT2D eigenvalue weighted by atomic mass is 10.1. The van der Waals surface area contributed by atoms with E-state index in [0.29, 0.717) is 18.2 Å². The van der Waals surface area contributed by atoms with Crippen molar-refractivity contribution in [1.82, 2.24) is 9.88 Å². The summed E-state index contributed by atoms with van der Waals surface area (Å²) in [5.74, 6) is -0.360. The zero-order chi connectivity index (χ0) is 21.3. The molecule has 0 unspecified atom stereocenters. The van der Waals surface area contributed by atoms with Crippen LogP contribution in [0.5, 0.6) is 0 Å². The topological polar surface area (TPSA) is 70.6 Å². The quantitative estimate of drug-likeness (QED) is 0.597. The summed E-state index contributed by atoms with van der Waals surface area (Å²) in [6.07, 6.45) is 1.12. The highest BCUT2D eigenvalue weighted by Gasteiger charge is 2.26. The fourth-order valence-corrected chi connectivity index (χ4v) is 4.96. The molecule has 1 aromatic heterocycles. The molecule has 6 nitrogen and oxygen atoms in total. The molecule has 3 aromatic rings. The van der Waals surface area contributed by atoms with Gasteiger partial charge in [0.25, 0.3) is 5.91 Å². The first-order valence-electron chi connectivity index (χ1n) is 9.22. The zero-order valence-electron chi connectivity index (χ0n) is 17.3. The minimum atomic E-state index is -3.54. The molecule has 0 N–H and O–H groups in total. The van der Waals surface area contributed by atoms with Crippen molar-refractivity contribution in [2.24, 2.45) is 0 Å². The number of sulfone groups is 1. The maximum absolute atomic E-state index is 13.5. The number of amides is 1. The molecule has 1 heterocycles. The van der Waals surface area contributed by atoms with Gasteiger partial charge in [0.1, 0.15) is 0 Å². The van der Waals surface area contributed by atoms with Crippen LogP contribution in [0.2, 0.25) is 0 Å². The molecule has 0 aliphatic heterocycles. The van der Waals surface area contributed by atoms with Crippen LogP contribution in [0.15, 0.2) is 41.3 Å². The van der Waals surface area contributed by atoms with Crippen LogP contribution in [0.1, 0.15) is 21.5 Å². The summed E-state index contributed by atoms with van der Waals surface area (Å²) in [4.78, 5) is 21.8. The number of anilines is 1. The number of hydrogen-bond donors (Lipinski definition) is 0. The molecule has 0 atom stereocenters. The van der Waals surface area contributed by atoms with Crippen LogP contribution in [0.3, 0.4) is 0 Å². The molecule has 0 bridgehead atoms. The predicted octanol–water partition coefficient (Wildman–Crippen LogP) is 3.53. The Morgan fingerprint density at radius 1 is 1.07 bits per heavy atom. The third kappa shape index (κ3) is 4.49. The van der Waals surface area contributed by atoms with E-state index < -0.39 is 9.84 Å². The second-order valence-corrected chi connectivity index (χ2v) is 10.4. The van der Waals surface area contributed by atoms with E-state index in [1.165, 1.54) is 17.4 Å². The van der Waals surface area contributed by atoms with Crippen LogP contribution in [0.4, 0.5) is 5.13 Å². The third-order valence-corrected chi connectivity index (χ3v) is 7.04. The monoisotopic (exact) mass is 431 g/mol. The molecule has 0 spiro atoms. The predicted molar refractivity (Wildman–Crippen MR) is 119 cm³/mol. The maximum Gasteiger partial charge on any atom is 0.261 e. The number of hydrogen-bond acceptors (Lipinski definition) is 6. The Morgan fingerprint density at radius 3 is 2.41 bits per heavy atom. The number of thiazole rings is 1. The Balaban J connectivity index is 2.12. The number of fused-ring (bicyclic) bond motifs is 1. The van der Waals surface area contributed by atoms with Gasteiger partial charge in [-0.25, -0.2) is 13.4 Å². The average Bonchev–Trinajstić information content (AvgIpc) is 3.08. The van der Waals surface area contributed by atoms with E-state index in [9.17, 15) is 13.2 Å². The first-order valence-corrected chi connectivity index (χ1v) is 11.9. The molecule has 0 fully saturated rings. The number of benzene rings is 2. The Kier molecular flexibility index (Phi) is 6.07. The minimum absolute atomic E-state index is 0.0352. The van der Waals surface area contributed by atoms with Crippen LogP contribution in [0.25, 0.3) is 10.2 Å². The molecule has 0 saturated heterocycles. The van der Waals surface area contributed by atoms with Gasteiger partial charge in [-0.1, -0.05) is 29.5 Å². The van der Waals surface area contributed by atoms with Gasteiger partial charge in [-0.2, -0.15) is 0 Å². The van der Waals surface area contributed by atoms with Gasteiger partial charge in [0.15, 0.2) is 15.0 Å². The van der Waals surface area contributed by atoms with Crippen LogP contribution in [-0.4, -0.2) is 57.6 Å². The standard InChI is InChI=1S/C21H25N3O3S2/c1-14-10-11-17-19(15(14)2)22-21(28-17)24(13-12-23(3)4)20(25)16-8-6-7-9-18(16)29(5,26)27/h6-11H,12-13H2,1-5H3. The van der Waals surface area contributed by atoms with Crippen LogP contribution in [0, 0.1) is 13.8 Å². The molecule has 0 aliphatic carbocycles. The number of likely N-dealkylation sites (N-methyl/N-ethyl adjacent to an activating group) is 1. The molecule has 3 rings (SSSR count). The number of aromatic nitrogens is 1. The summed E-state index contributed by atoms with van der Waals surface area (Å²) in [6, 6.07) is 10.4.